The van der Waals surface area contributed by atoms with Gasteiger partial charge in [0.05, 0.1) is 18.7 Å². The van der Waals surface area contributed by atoms with E-state index in [1.807, 2.05) is 42.7 Å². The first-order chi connectivity index (χ1) is 14.6. The van der Waals surface area contributed by atoms with Crippen LogP contribution in [0.5, 0.6) is 5.75 Å². The minimum atomic E-state index is -0.167. The molecule has 0 saturated carbocycles. The predicted octanol–water partition coefficient (Wildman–Crippen LogP) is 4.66. The maximum Gasteiger partial charge on any atom is 0.229 e. The largest absolute Gasteiger partial charge is 0.495 e. The van der Waals surface area contributed by atoms with E-state index in [0.29, 0.717) is 29.0 Å². The molecule has 1 saturated heterocycles. The minimum Gasteiger partial charge on any atom is -0.495 e. The molecule has 1 aromatic heterocycles. The van der Waals surface area contributed by atoms with Gasteiger partial charge in [0, 0.05) is 36.1 Å². The topological polar surface area (TPSA) is 67.3 Å². The molecule has 0 unspecified atom stereocenters. The molecule has 1 aliphatic heterocycles. The van der Waals surface area contributed by atoms with Crippen LogP contribution in [0, 0.1) is 5.92 Å². The van der Waals surface area contributed by atoms with Gasteiger partial charge < -0.3 is 15.0 Å². The summed E-state index contributed by atoms with van der Waals surface area (Å²) in [4.78, 5) is 24.0. The van der Waals surface area contributed by atoms with Crippen molar-refractivity contribution in [2.24, 2.45) is 5.92 Å². The van der Waals surface area contributed by atoms with Crippen molar-refractivity contribution in [3.8, 4) is 16.9 Å². The second-order valence-electron chi connectivity index (χ2n) is 7.26. The summed E-state index contributed by atoms with van der Waals surface area (Å²) < 4.78 is 5.32. The Hall–Kier alpha value is -3.12. The molecular formula is C23H23ClN4O2. The zero-order chi connectivity index (χ0) is 20.9. The number of halogens is 1. The lowest BCUT2D eigenvalue weighted by Crippen LogP contribution is -2.41. The van der Waals surface area contributed by atoms with Crippen molar-refractivity contribution in [2.45, 2.75) is 12.8 Å². The average molecular weight is 423 g/mol. The molecule has 2 heterocycles. The molecule has 0 spiro atoms. The van der Waals surface area contributed by atoms with Gasteiger partial charge in [-0.2, -0.15) is 0 Å². The van der Waals surface area contributed by atoms with Gasteiger partial charge >= 0.3 is 0 Å². The number of benzene rings is 2. The van der Waals surface area contributed by atoms with Crippen LogP contribution in [0.25, 0.3) is 11.1 Å². The molecule has 4 rings (SSSR count). The third-order valence-corrected chi connectivity index (χ3v) is 5.47. The third kappa shape index (κ3) is 4.54. The number of hydrogen-bond acceptors (Lipinski definition) is 5. The lowest BCUT2D eigenvalue weighted by molar-refractivity contribution is -0.120. The van der Waals surface area contributed by atoms with Crippen LogP contribution in [0.1, 0.15) is 12.8 Å². The molecular weight excluding hydrogens is 400 g/mol. The van der Waals surface area contributed by atoms with Crippen LogP contribution in [-0.4, -0.2) is 36.1 Å². The van der Waals surface area contributed by atoms with Crippen molar-refractivity contribution in [3.63, 3.8) is 0 Å². The van der Waals surface area contributed by atoms with E-state index in [2.05, 4.69) is 20.2 Å². The van der Waals surface area contributed by atoms with Gasteiger partial charge in [0.15, 0.2) is 0 Å². The highest BCUT2D eigenvalue weighted by Gasteiger charge is 2.27. The minimum absolute atomic E-state index is 0.0545. The van der Waals surface area contributed by atoms with Crippen molar-refractivity contribution in [1.82, 2.24) is 9.97 Å². The maximum absolute atomic E-state index is 12.9. The molecule has 154 valence electrons. The summed E-state index contributed by atoms with van der Waals surface area (Å²) in [5.41, 5.74) is 2.63. The Morgan fingerprint density at radius 2 is 1.90 bits per heavy atom. The van der Waals surface area contributed by atoms with E-state index in [4.69, 9.17) is 16.3 Å². The molecule has 30 heavy (non-hydrogen) atoms. The van der Waals surface area contributed by atoms with Gasteiger partial charge in [0.25, 0.3) is 0 Å². The Kier molecular flexibility index (Phi) is 6.14. The van der Waals surface area contributed by atoms with E-state index in [1.54, 1.807) is 25.3 Å². The standard InChI is InChI=1S/C23H23ClN4O2/c1-30-21-10-9-19(24)12-20(21)27-22(29)17-8-5-11-28(15-17)23-25-13-18(14-26-23)16-6-3-2-4-7-16/h2-4,6-7,9-10,12-14,17H,5,8,11,15H2,1H3,(H,27,29)/t17-/m0/s1. The molecule has 3 aromatic rings. The number of aromatic nitrogens is 2. The van der Waals surface area contributed by atoms with Crippen molar-refractivity contribution in [3.05, 3.63) is 65.9 Å². The molecule has 1 fully saturated rings. The number of methoxy groups -OCH3 is 1. The summed E-state index contributed by atoms with van der Waals surface area (Å²) in [5.74, 6) is 1.01. The smallest absolute Gasteiger partial charge is 0.229 e. The van der Waals surface area contributed by atoms with Crippen LogP contribution in [0.15, 0.2) is 60.9 Å². The quantitative estimate of drug-likeness (QED) is 0.647. The molecule has 7 heteroatoms. The maximum atomic E-state index is 12.9. The number of anilines is 2. The molecule has 6 nitrogen and oxygen atoms in total. The number of carbonyl (C=O) groups excluding carboxylic acids is 1. The first kappa shape index (κ1) is 20.2. The Morgan fingerprint density at radius 3 is 2.63 bits per heavy atom. The number of nitrogens with one attached hydrogen (secondary N) is 1. The van der Waals surface area contributed by atoms with Gasteiger partial charge in [-0.1, -0.05) is 41.9 Å². The van der Waals surface area contributed by atoms with E-state index in [0.717, 1.165) is 30.5 Å². The number of rotatable bonds is 5. The summed E-state index contributed by atoms with van der Waals surface area (Å²) in [6.45, 7) is 1.40. The van der Waals surface area contributed by atoms with Gasteiger partial charge in [-0.15, -0.1) is 0 Å². The molecule has 0 radical (unpaired) electrons. The summed E-state index contributed by atoms with van der Waals surface area (Å²) in [5, 5.41) is 3.50. The van der Waals surface area contributed by atoms with Gasteiger partial charge in [0.2, 0.25) is 11.9 Å². The van der Waals surface area contributed by atoms with Crippen LogP contribution in [0.2, 0.25) is 5.02 Å². The lowest BCUT2D eigenvalue weighted by Gasteiger charge is -2.32. The summed E-state index contributed by atoms with van der Waals surface area (Å²) in [6.07, 6.45) is 5.37. The van der Waals surface area contributed by atoms with Crippen LogP contribution in [0.4, 0.5) is 11.6 Å². The first-order valence-electron chi connectivity index (χ1n) is 9.91. The molecule has 1 atom stereocenters. The van der Waals surface area contributed by atoms with Crippen LogP contribution >= 0.6 is 11.6 Å². The van der Waals surface area contributed by atoms with Gasteiger partial charge in [-0.25, -0.2) is 9.97 Å². The Balaban J connectivity index is 1.44. The molecule has 0 bridgehead atoms. The second kappa shape index (κ2) is 9.13. The normalized spacial score (nSPS) is 16.2. The van der Waals surface area contributed by atoms with Crippen LogP contribution < -0.4 is 15.0 Å². The highest BCUT2D eigenvalue weighted by atomic mass is 35.5. The zero-order valence-electron chi connectivity index (χ0n) is 16.7. The van der Waals surface area contributed by atoms with E-state index in [-0.39, 0.29) is 11.8 Å². The van der Waals surface area contributed by atoms with Crippen molar-refractivity contribution in [2.75, 3.05) is 30.4 Å². The Bertz CT molecular complexity index is 1010. The third-order valence-electron chi connectivity index (χ3n) is 5.24. The summed E-state index contributed by atoms with van der Waals surface area (Å²) >= 11 is 6.07. The molecule has 0 aliphatic carbocycles. The lowest BCUT2D eigenvalue weighted by atomic mass is 9.97. The van der Waals surface area contributed by atoms with Crippen molar-refractivity contribution >= 4 is 29.1 Å². The zero-order valence-corrected chi connectivity index (χ0v) is 17.5. The van der Waals surface area contributed by atoms with Gasteiger partial charge in [0.1, 0.15) is 5.75 Å². The van der Waals surface area contributed by atoms with E-state index >= 15 is 0 Å². The summed E-state index contributed by atoms with van der Waals surface area (Å²) in [7, 11) is 1.57. The predicted molar refractivity (Wildman–Crippen MR) is 119 cm³/mol. The highest BCUT2D eigenvalue weighted by molar-refractivity contribution is 6.31. The number of amides is 1. The molecule has 1 aliphatic rings. The molecule has 1 amide bonds. The number of ether oxygens (including phenoxy) is 1. The van der Waals surface area contributed by atoms with Gasteiger partial charge in [-0.3, -0.25) is 4.79 Å². The first-order valence-corrected chi connectivity index (χ1v) is 10.3. The Morgan fingerprint density at radius 1 is 1.13 bits per heavy atom. The number of hydrogen-bond donors (Lipinski definition) is 1. The van der Waals surface area contributed by atoms with Crippen molar-refractivity contribution < 1.29 is 9.53 Å². The second-order valence-corrected chi connectivity index (χ2v) is 7.69. The molecule has 1 N–H and O–H groups in total. The van der Waals surface area contributed by atoms with E-state index < -0.39 is 0 Å². The van der Waals surface area contributed by atoms with Gasteiger partial charge in [-0.05, 0) is 36.6 Å². The van der Waals surface area contributed by atoms with Crippen LogP contribution in [-0.2, 0) is 4.79 Å². The van der Waals surface area contributed by atoms with Crippen LogP contribution in [0.3, 0.4) is 0 Å². The fraction of sp³-hybridized carbons (Fsp3) is 0.261. The fourth-order valence-electron chi connectivity index (χ4n) is 3.65. The van der Waals surface area contributed by atoms with E-state index in [1.165, 1.54) is 0 Å². The summed E-state index contributed by atoms with van der Waals surface area (Å²) in [6, 6.07) is 15.2. The Labute approximate surface area is 180 Å². The number of nitrogens with zero attached hydrogens (tertiary/aromatic N) is 3. The highest BCUT2D eigenvalue weighted by Crippen LogP contribution is 2.29. The average Bonchev–Trinajstić information content (AvgIpc) is 2.80. The SMILES string of the molecule is COc1ccc(Cl)cc1NC(=O)[C@H]1CCCN(c2ncc(-c3ccccc3)cn2)C1. The number of carbonyl (C=O) groups is 1. The molecule has 2 aromatic carbocycles. The van der Waals surface area contributed by atoms with E-state index in [9.17, 15) is 4.79 Å². The van der Waals surface area contributed by atoms with Crippen molar-refractivity contribution in [1.29, 1.82) is 0 Å². The monoisotopic (exact) mass is 422 g/mol. The fourth-order valence-corrected chi connectivity index (χ4v) is 3.82. The number of piperidine rings is 1.